The lowest BCUT2D eigenvalue weighted by atomic mass is 10.2. The van der Waals surface area contributed by atoms with Crippen LogP contribution in [0.3, 0.4) is 0 Å². The second-order valence-electron chi connectivity index (χ2n) is 4.00. The highest BCUT2D eigenvalue weighted by Gasteiger charge is 2.25. The van der Waals surface area contributed by atoms with Crippen LogP contribution < -0.4 is 4.74 Å². The van der Waals surface area contributed by atoms with Crippen LogP contribution in [0.5, 0.6) is 5.75 Å². The molecule has 1 rings (SSSR count). The van der Waals surface area contributed by atoms with Crippen LogP contribution in [-0.4, -0.2) is 57.6 Å². The predicted octanol–water partition coefficient (Wildman–Crippen LogP) is 0.187. The molecule has 1 aromatic rings. The molecule has 0 aliphatic carbocycles. The Bertz CT molecular complexity index is 654. The standard InChI is InChI=1S/C12H15NO7S/c1-13(7-11(14)20-3)21(17,18)8-4-5-10(19-2)9(6-8)12(15)16/h4-6H,7H2,1-3H3,(H,15,16). The zero-order valence-corrected chi connectivity index (χ0v) is 12.5. The molecule has 0 aliphatic rings. The van der Waals surface area contributed by atoms with Crippen LogP contribution in [0.4, 0.5) is 0 Å². The van der Waals surface area contributed by atoms with E-state index in [9.17, 15) is 18.0 Å². The van der Waals surface area contributed by atoms with Crippen molar-refractivity contribution in [3.05, 3.63) is 23.8 Å². The Balaban J connectivity index is 3.23. The molecule has 0 saturated heterocycles. The van der Waals surface area contributed by atoms with Crippen LogP contribution in [-0.2, 0) is 19.6 Å². The van der Waals surface area contributed by atoms with E-state index in [-0.39, 0.29) is 16.2 Å². The molecule has 0 saturated carbocycles. The van der Waals surface area contributed by atoms with Crippen molar-refractivity contribution >= 4 is 22.0 Å². The largest absolute Gasteiger partial charge is 0.496 e. The van der Waals surface area contributed by atoms with E-state index in [1.165, 1.54) is 26.3 Å². The molecule has 21 heavy (non-hydrogen) atoms. The van der Waals surface area contributed by atoms with Gasteiger partial charge in [0.15, 0.2) is 0 Å². The maximum absolute atomic E-state index is 12.2. The second kappa shape index (κ2) is 6.55. The average molecular weight is 317 g/mol. The van der Waals surface area contributed by atoms with Gasteiger partial charge in [0.25, 0.3) is 0 Å². The number of aromatic carboxylic acids is 1. The molecule has 0 unspecified atom stereocenters. The van der Waals surface area contributed by atoms with E-state index in [2.05, 4.69) is 4.74 Å². The second-order valence-corrected chi connectivity index (χ2v) is 6.05. The van der Waals surface area contributed by atoms with Gasteiger partial charge < -0.3 is 14.6 Å². The van der Waals surface area contributed by atoms with Gasteiger partial charge in [0.05, 0.1) is 19.1 Å². The number of hydrogen-bond acceptors (Lipinski definition) is 6. The Hall–Kier alpha value is -2.13. The summed E-state index contributed by atoms with van der Waals surface area (Å²) in [5.41, 5.74) is -0.287. The minimum Gasteiger partial charge on any atom is -0.496 e. The maximum Gasteiger partial charge on any atom is 0.339 e. The smallest absolute Gasteiger partial charge is 0.339 e. The lowest BCUT2D eigenvalue weighted by Crippen LogP contribution is -2.32. The zero-order valence-electron chi connectivity index (χ0n) is 11.7. The van der Waals surface area contributed by atoms with Gasteiger partial charge in [-0.2, -0.15) is 4.31 Å². The summed E-state index contributed by atoms with van der Waals surface area (Å²) < 4.78 is 34.5. The zero-order chi connectivity index (χ0) is 16.2. The molecular weight excluding hydrogens is 302 g/mol. The van der Waals surface area contributed by atoms with Crippen molar-refractivity contribution in [3.63, 3.8) is 0 Å². The lowest BCUT2D eigenvalue weighted by Gasteiger charge is -2.16. The van der Waals surface area contributed by atoms with Crippen molar-refractivity contribution in [2.45, 2.75) is 4.90 Å². The Kier molecular flexibility index (Phi) is 5.28. The summed E-state index contributed by atoms with van der Waals surface area (Å²) in [5, 5.41) is 9.05. The van der Waals surface area contributed by atoms with Gasteiger partial charge in [-0.3, -0.25) is 4.79 Å². The molecule has 0 bridgehead atoms. The van der Waals surface area contributed by atoms with Crippen LogP contribution in [0.1, 0.15) is 10.4 Å². The SMILES string of the molecule is COC(=O)CN(C)S(=O)(=O)c1ccc(OC)c(C(=O)O)c1. The van der Waals surface area contributed by atoms with Crippen LogP contribution in [0.25, 0.3) is 0 Å². The number of nitrogens with zero attached hydrogens (tertiary/aromatic N) is 1. The van der Waals surface area contributed by atoms with E-state index < -0.39 is 28.5 Å². The molecule has 9 heteroatoms. The van der Waals surface area contributed by atoms with Crippen LogP contribution in [0, 0.1) is 0 Å². The lowest BCUT2D eigenvalue weighted by molar-refractivity contribution is -0.140. The molecule has 0 amide bonds. The Labute approximate surface area is 121 Å². The van der Waals surface area contributed by atoms with E-state index >= 15 is 0 Å². The summed E-state index contributed by atoms with van der Waals surface area (Å²) in [6.45, 7) is -0.479. The minimum atomic E-state index is -4.01. The van der Waals surface area contributed by atoms with Gasteiger partial charge in [0.1, 0.15) is 17.9 Å². The average Bonchev–Trinajstić information content (AvgIpc) is 2.45. The summed E-state index contributed by atoms with van der Waals surface area (Å²) in [4.78, 5) is 22.0. The molecule has 0 aromatic heterocycles. The van der Waals surface area contributed by atoms with Crippen LogP contribution >= 0.6 is 0 Å². The fourth-order valence-corrected chi connectivity index (χ4v) is 2.67. The van der Waals surface area contributed by atoms with Crippen molar-refractivity contribution in [2.24, 2.45) is 0 Å². The number of carboxylic acids is 1. The topological polar surface area (TPSA) is 110 Å². The van der Waals surface area contributed by atoms with E-state index in [0.717, 1.165) is 17.5 Å². The first-order chi connectivity index (χ1) is 9.73. The third kappa shape index (κ3) is 3.70. The normalized spacial score (nSPS) is 11.2. The summed E-state index contributed by atoms with van der Waals surface area (Å²) >= 11 is 0. The number of carbonyl (C=O) groups is 2. The van der Waals surface area contributed by atoms with Gasteiger partial charge in [-0.1, -0.05) is 0 Å². The number of esters is 1. The highest BCUT2D eigenvalue weighted by atomic mass is 32.2. The Morgan fingerprint density at radius 1 is 1.29 bits per heavy atom. The van der Waals surface area contributed by atoms with E-state index in [4.69, 9.17) is 9.84 Å². The van der Waals surface area contributed by atoms with Gasteiger partial charge in [0.2, 0.25) is 10.0 Å². The minimum absolute atomic E-state index is 0.0390. The van der Waals surface area contributed by atoms with E-state index in [1.807, 2.05) is 0 Å². The number of methoxy groups -OCH3 is 2. The number of hydrogen-bond donors (Lipinski definition) is 1. The molecule has 0 fully saturated rings. The van der Waals surface area contributed by atoms with Crippen molar-refractivity contribution < 1.29 is 32.6 Å². The number of benzene rings is 1. The molecule has 0 spiro atoms. The van der Waals surface area contributed by atoms with Gasteiger partial charge >= 0.3 is 11.9 Å². The Morgan fingerprint density at radius 2 is 1.90 bits per heavy atom. The molecule has 0 atom stereocenters. The van der Waals surface area contributed by atoms with Crippen molar-refractivity contribution in [3.8, 4) is 5.75 Å². The van der Waals surface area contributed by atoms with Gasteiger partial charge in [0, 0.05) is 7.05 Å². The molecule has 116 valence electrons. The van der Waals surface area contributed by atoms with Crippen molar-refractivity contribution in [1.82, 2.24) is 4.31 Å². The third-order valence-electron chi connectivity index (χ3n) is 2.69. The molecule has 0 radical (unpaired) electrons. The van der Waals surface area contributed by atoms with Gasteiger partial charge in [-0.15, -0.1) is 0 Å². The fraction of sp³-hybridized carbons (Fsp3) is 0.333. The van der Waals surface area contributed by atoms with Crippen LogP contribution in [0.2, 0.25) is 0 Å². The fourth-order valence-electron chi connectivity index (χ4n) is 1.53. The van der Waals surface area contributed by atoms with Crippen molar-refractivity contribution in [1.29, 1.82) is 0 Å². The molecule has 0 heterocycles. The van der Waals surface area contributed by atoms with Gasteiger partial charge in [-0.05, 0) is 18.2 Å². The highest BCUT2D eigenvalue weighted by molar-refractivity contribution is 7.89. The number of likely N-dealkylation sites (N-methyl/N-ethyl adjacent to an activating group) is 1. The predicted molar refractivity (Wildman–Crippen MR) is 71.8 cm³/mol. The molecule has 0 aliphatic heterocycles. The summed E-state index contributed by atoms with van der Waals surface area (Å²) in [6, 6.07) is 3.42. The summed E-state index contributed by atoms with van der Waals surface area (Å²) in [6.07, 6.45) is 0. The molecular formula is C12H15NO7S. The molecule has 8 nitrogen and oxygen atoms in total. The van der Waals surface area contributed by atoms with Gasteiger partial charge in [-0.25, -0.2) is 13.2 Å². The first kappa shape index (κ1) is 16.9. The Morgan fingerprint density at radius 3 is 2.38 bits per heavy atom. The maximum atomic E-state index is 12.2. The van der Waals surface area contributed by atoms with Crippen molar-refractivity contribution in [2.75, 3.05) is 27.8 Å². The number of sulfonamides is 1. The van der Waals surface area contributed by atoms with Crippen LogP contribution in [0.15, 0.2) is 23.1 Å². The molecule has 1 N–H and O–H groups in total. The quantitative estimate of drug-likeness (QED) is 0.745. The summed E-state index contributed by atoms with van der Waals surface area (Å²) in [7, 11) is -0.405. The van der Waals surface area contributed by atoms with E-state index in [0.29, 0.717) is 0 Å². The van der Waals surface area contributed by atoms with E-state index in [1.54, 1.807) is 0 Å². The monoisotopic (exact) mass is 317 g/mol. The first-order valence-corrected chi connectivity index (χ1v) is 7.12. The number of rotatable bonds is 6. The number of ether oxygens (including phenoxy) is 2. The number of carboxylic acid groups (broad SMARTS) is 1. The molecule has 1 aromatic carbocycles. The number of carbonyl (C=O) groups excluding carboxylic acids is 1. The highest BCUT2D eigenvalue weighted by Crippen LogP contribution is 2.24. The summed E-state index contributed by atoms with van der Waals surface area (Å²) in [5.74, 6) is -2.01. The third-order valence-corrected chi connectivity index (χ3v) is 4.49. The first-order valence-electron chi connectivity index (χ1n) is 5.68.